The summed E-state index contributed by atoms with van der Waals surface area (Å²) in [4.78, 5) is 2.32. The molecule has 88 valence electrons. The lowest BCUT2D eigenvalue weighted by Gasteiger charge is -2.24. The van der Waals surface area contributed by atoms with Crippen molar-refractivity contribution in [2.75, 3.05) is 24.6 Å². The van der Waals surface area contributed by atoms with Crippen molar-refractivity contribution in [2.45, 2.75) is 6.92 Å². The molecule has 1 aromatic carbocycles. The Balaban J connectivity index is 3.16. The molecule has 3 N–H and O–H groups in total. The molecule has 0 bridgehead atoms. The SMILES string of the molecule is CCN(CCO)c1cc(Cl)ccc1C(N)=S. The molecular formula is C11H15ClN2OS. The van der Waals surface area contributed by atoms with E-state index < -0.39 is 0 Å². The number of aliphatic hydroxyl groups excluding tert-OH is 1. The third-order valence-corrected chi connectivity index (χ3v) is 2.77. The van der Waals surface area contributed by atoms with Gasteiger partial charge in [-0.05, 0) is 25.1 Å². The van der Waals surface area contributed by atoms with Gasteiger partial charge in [-0.2, -0.15) is 0 Å². The van der Waals surface area contributed by atoms with Crippen LogP contribution in [0, 0.1) is 0 Å². The predicted octanol–water partition coefficient (Wildman–Crippen LogP) is 1.79. The topological polar surface area (TPSA) is 49.5 Å². The van der Waals surface area contributed by atoms with Gasteiger partial charge < -0.3 is 15.7 Å². The van der Waals surface area contributed by atoms with Gasteiger partial charge >= 0.3 is 0 Å². The number of nitrogens with zero attached hydrogens (tertiary/aromatic N) is 1. The van der Waals surface area contributed by atoms with Crippen LogP contribution < -0.4 is 10.6 Å². The summed E-state index contributed by atoms with van der Waals surface area (Å²) < 4.78 is 0. The first-order valence-electron chi connectivity index (χ1n) is 5.05. The summed E-state index contributed by atoms with van der Waals surface area (Å²) in [5, 5.41) is 9.62. The van der Waals surface area contributed by atoms with Gasteiger partial charge in [0.15, 0.2) is 0 Å². The molecule has 5 heteroatoms. The molecule has 0 aromatic heterocycles. The van der Waals surface area contributed by atoms with E-state index in [9.17, 15) is 0 Å². The lowest BCUT2D eigenvalue weighted by atomic mass is 10.1. The van der Waals surface area contributed by atoms with Crippen LogP contribution in [0.25, 0.3) is 0 Å². The number of hydrogen-bond donors (Lipinski definition) is 2. The minimum Gasteiger partial charge on any atom is -0.395 e. The molecule has 0 radical (unpaired) electrons. The molecule has 1 rings (SSSR count). The summed E-state index contributed by atoms with van der Waals surface area (Å²) >= 11 is 10.9. The summed E-state index contributed by atoms with van der Waals surface area (Å²) in [7, 11) is 0. The first-order valence-corrected chi connectivity index (χ1v) is 5.84. The van der Waals surface area contributed by atoms with Crippen molar-refractivity contribution in [2.24, 2.45) is 5.73 Å². The van der Waals surface area contributed by atoms with Gasteiger partial charge in [-0.15, -0.1) is 0 Å². The van der Waals surface area contributed by atoms with E-state index in [1.807, 2.05) is 17.9 Å². The fourth-order valence-corrected chi connectivity index (χ4v) is 1.88. The predicted molar refractivity (Wildman–Crippen MR) is 72.3 cm³/mol. The average Bonchev–Trinajstić information content (AvgIpc) is 2.25. The molecule has 0 amide bonds. The maximum absolute atomic E-state index is 8.99. The third kappa shape index (κ3) is 3.07. The number of benzene rings is 1. The normalized spacial score (nSPS) is 10.2. The Labute approximate surface area is 106 Å². The maximum Gasteiger partial charge on any atom is 0.106 e. The molecule has 16 heavy (non-hydrogen) atoms. The van der Waals surface area contributed by atoms with Crippen LogP contribution in [0.15, 0.2) is 18.2 Å². The van der Waals surface area contributed by atoms with Crippen LogP contribution in [0.4, 0.5) is 5.69 Å². The van der Waals surface area contributed by atoms with Crippen LogP contribution >= 0.6 is 23.8 Å². The van der Waals surface area contributed by atoms with E-state index in [2.05, 4.69) is 0 Å². The number of halogens is 1. The highest BCUT2D eigenvalue weighted by atomic mass is 35.5. The number of nitrogens with two attached hydrogens (primary N) is 1. The Morgan fingerprint density at radius 2 is 2.25 bits per heavy atom. The van der Waals surface area contributed by atoms with E-state index in [4.69, 9.17) is 34.7 Å². The number of likely N-dealkylation sites (N-methyl/N-ethyl adjacent to an activating group) is 1. The van der Waals surface area contributed by atoms with Gasteiger partial charge in [0.2, 0.25) is 0 Å². The number of anilines is 1. The van der Waals surface area contributed by atoms with E-state index >= 15 is 0 Å². The van der Waals surface area contributed by atoms with Crippen molar-refractivity contribution < 1.29 is 5.11 Å². The minimum absolute atomic E-state index is 0.0805. The molecule has 0 saturated heterocycles. The van der Waals surface area contributed by atoms with Crippen molar-refractivity contribution in [3.05, 3.63) is 28.8 Å². The van der Waals surface area contributed by atoms with Crippen LogP contribution in [0.5, 0.6) is 0 Å². The molecule has 0 aliphatic heterocycles. The van der Waals surface area contributed by atoms with E-state index in [0.717, 1.165) is 17.8 Å². The number of thiocarbonyl (C=S) groups is 1. The summed E-state index contributed by atoms with van der Waals surface area (Å²) in [6.07, 6.45) is 0. The number of hydrogen-bond acceptors (Lipinski definition) is 3. The van der Waals surface area contributed by atoms with Crippen molar-refractivity contribution in [3.8, 4) is 0 Å². The van der Waals surface area contributed by atoms with E-state index in [1.54, 1.807) is 12.1 Å². The lowest BCUT2D eigenvalue weighted by Crippen LogP contribution is -2.28. The largest absolute Gasteiger partial charge is 0.395 e. The fourth-order valence-electron chi connectivity index (χ4n) is 1.54. The highest BCUT2D eigenvalue weighted by Gasteiger charge is 2.11. The fraction of sp³-hybridized carbons (Fsp3) is 0.364. The highest BCUT2D eigenvalue weighted by Crippen LogP contribution is 2.24. The van der Waals surface area contributed by atoms with Crippen LogP contribution in [0.1, 0.15) is 12.5 Å². The molecule has 0 heterocycles. The van der Waals surface area contributed by atoms with E-state index in [1.165, 1.54) is 0 Å². The third-order valence-electron chi connectivity index (χ3n) is 2.32. The molecule has 0 aliphatic carbocycles. The van der Waals surface area contributed by atoms with Crippen LogP contribution in [0.3, 0.4) is 0 Å². The standard InChI is InChI=1S/C11H15ClN2OS/c1-2-14(5-6-15)10-7-8(12)3-4-9(10)11(13)16/h3-4,7,15H,2,5-6H2,1H3,(H2,13,16). The first kappa shape index (κ1) is 13.2. The van der Waals surface area contributed by atoms with Crippen LogP contribution in [0.2, 0.25) is 5.02 Å². The minimum atomic E-state index is 0.0805. The van der Waals surface area contributed by atoms with Gasteiger partial charge in [0.05, 0.1) is 6.61 Å². The molecule has 1 aromatic rings. The zero-order valence-electron chi connectivity index (χ0n) is 9.11. The van der Waals surface area contributed by atoms with E-state index in [-0.39, 0.29) is 6.61 Å². The highest BCUT2D eigenvalue weighted by molar-refractivity contribution is 7.80. The summed E-state index contributed by atoms with van der Waals surface area (Å²) in [6, 6.07) is 5.38. The molecule has 0 unspecified atom stereocenters. The Morgan fingerprint density at radius 1 is 1.56 bits per heavy atom. The van der Waals surface area contributed by atoms with Gasteiger partial charge in [-0.25, -0.2) is 0 Å². The van der Waals surface area contributed by atoms with Gasteiger partial charge in [0.1, 0.15) is 4.99 Å². The van der Waals surface area contributed by atoms with E-state index in [0.29, 0.717) is 16.6 Å². The van der Waals surface area contributed by atoms with Crippen LogP contribution in [-0.2, 0) is 0 Å². The summed E-state index contributed by atoms with van der Waals surface area (Å²) in [5.74, 6) is 0. The Kier molecular flexibility index (Phi) is 4.99. The van der Waals surface area contributed by atoms with Crippen molar-refractivity contribution in [3.63, 3.8) is 0 Å². The zero-order chi connectivity index (χ0) is 12.1. The van der Waals surface area contributed by atoms with Gasteiger partial charge in [-0.3, -0.25) is 0 Å². The zero-order valence-corrected chi connectivity index (χ0v) is 10.7. The molecule has 0 aliphatic rings. The number of aliphatic hydroxyl groups is 1. The van der Waals surface area contributed by atoms with Crippen LogP contribution in [-0.4, -0.2) is 29.8 Å². The molecule has 3 nitrogen and oxygen atoms in total. The van der Waals surface area contributed by atoms with Crippen molar-refractivity contribution in [1.29, 1.82) is 0 Å². The van der Waals surface area contributed by atoms with Gasteiger partial charge in [-0.1, -0.05) is 23.8 Å². The second kappa shape index (κ2) is 6.03. The van der Waals surface area contributed by atoms with Crippen molar-refractivity contribution in [1.82, 2.24) is 0 Å². The maximum atomic E-state index is 8.99. The quantitative estimate of drug-likeness (QED) is 0.791. The molecular weight excluding hydrogens is 244 g/mol. The lowest BCUT2D eigenvalue weighted by molar-refractivity contribution is 0.302. The molecule has 0 fully saturated rings. The Morgan fingerprint density at radius 3 is 2.75 bits per heavy atom. The first-order chi connectivity index (χ1) is 7.60. The van der Waals surface area contributed by atoms with Gasteiger partial charge in [0.25, 0.3) is 0 Å². The molecule has 0 atom stereocenters. The average molecular weight is 259 g/mol. The summed E-state index contributed by atoms with van der Waals surface area (Å²) in [5.41, 5.74) is 7.31. The monoisotopic (exact) mass is 258 g/mol. The molecule has 0 spiro atoms. The Hall–Kier alpha value is -0.840. The molecule has 0 saturated carbocycles. The second-order valence-electron chi connectivity index (χ2n) is 3.33. The van der Waals surface area contributed by atoms with Crippen molar-refractivity contribution >= 4 is 34.5 Å². The smallest absolute Gasteiger partial charge is 0.106 e. The number of rotatable bonds is 5. The summed E-state index contributed by atoms with van der Waals surface area (Å²) in [6.45, 7) is 3.38. The van der Waals surface area contributed by atoms with Gasteiger partial charge in [0, 0.05) is 29.4 Å². The Bertz CT molecular complexity index is 384. The second-order valence-corrected chi connectivity index (χ2v) is 4.21.